The van der Waals surface area contributed by atoms with Crippen LogP contribution in [0, 0.1) is 0 Å². The molecule has 1 amide bonds. The van der Waals surface area contributed by atoms with Crippen LogP contribution in [0.1, 0.15) is 26.3 Å². The summed E-state index contributed by atoms with van der Waals surface area (Å²) in [6.07, 6.45) is -4.98. The van der Waals surface area contributed by atoms with Crippen molar-refractivity contribution in [2.75, 3.05) is 19.5 Å². The first kappa shape index (κ1) is 25.6. The number of benzene rings is 1. The number of pyridine rings is 1. The monoisotopic (exact) mass is 476 g/mol. The van der Waals surface area contributed by atoms with Gasteiger partial charge in [0.2, 0.25) is 5.88 Å². The predicted molar refractivity (Wildman–Crippen MR) is 110 cm³/mol. The van der Waals surface area contributed by atoms with Crippen LogP contribution in [-0.4, -0.2) is 36.5 Å². The van der Waals surface area contributed by atoms with Gasteiger partial charge in [-0.2, -0.15) is 13.2 Å². The molecule has 1 unspecified atom stereocenters. The summed E-state index contributed by atoms with van der Waals surface area (Å²) in [6, 6.07) is 8.05. The van der Waals surface area contributed by atoms with E-state index in [1.54, 1.807) is 13.8 Å². The van der Waals surface area contributed by atoms with E-state index >= 15 is 0 Å². The Morgan fingerprint density at radius 1 is 1.06 bits per heavy atom. The molecule has 1 N–H and O–H groups in total. The van der Waals surface area contributed by atoms with Crippen molar-refractivity contribution < 1.29 is 41.1 Å². The van der Waals surface area contributed by atoms with Crippen molar-refractivity contribution in [3.63, 3.8) is 0 Å². The van der Waals surface area contributed by atoms with Gasteiger partial charge >= 0.3 is 13.8 Å². The first-order valence-corrected chi connectivity index (χ1v) is 11.4. The third kappa shape index (κ3) is 7.81. The second-order valence-electron chi connectivity index (χ2n) is 6.36. The highest BCUT2D eigenvalue weighted by molar-refractivity contribution is 7.53. The van der Waals surface area contributed by atoms with Crippen molar-refractivity contribution in [3.8, 4) is 17.4 Å². The van der Waals surface area contributed by atoms with Crippen LogP contribution in [-0.2, 0) is 24.6 Å². The van der Waals surface area contributed by atoms with Crippen LogP contribution in [0.3, 0.4) is 0 Å². The molecule has 2 rings (SSSR count). The molecule has 0 saturated carbocycles. The molecule has 12 heteroatoms. The van der Waals surface area contributed by atoms with Crippen molar-refractivity contribution >= 4 is 13.5 Å². The fourth-order valence-corrected chi connectivity index (χ4v) is 3.81. The van der Waals surface area contributed by atoms with E-state index in [1.165, 1.54) is 31.2 Å². The lowest BCUT2D eigenvalue weighted by molar-refractivity contribution is -0.137. The van der Waals surface area contributed by atoms with Crippen molar-refractivity contribution in [3.05, 3.63) is 48.2 Å². The minimum Gasteiger partial charge on any atom is -0.481 e. The average Bonchev–Trinajstić information content (AvgIpc) is 2.73. The zero-order chi connectivity index (χ0) is 23.8. The molecule has 0 fully saturated rings. The zero-order valence-corrected chi connectivity index (χ0v) is 18.6. The summed E-state index contributed by atoms with van der Waals surface area (Å²) in [7, 11) is -3.42. The molecule has 32 heavy (non-hydrogen) atoms. The number of amides is 1. The number of nitrogens with one attached hydrogen (secondary N) is 1. The van der Waals surface area contributed by atoms with Crippen LogP contribution in [0.5, 0.6) is 17.4 Å². The summed E-state index contributed by atoms with van der Waals surface area (Å²) in [5, 5.41) is 2.48. The number of aromatic nitrogens is 1. The number of hydrogen-bond donors (Lipinski definition) is 1. The molecule has 8 nitrogen and oxygen atoms in total. The van der Waals surface area contributed by atoms with Gasteiger partial charge in [-0.05, 0) is 51.1 Å². The number of carbonyl (C=O) groups excluding carboxylic acids is 1. The number of halogens is 3. The molecule has 0 aliphatic rings. The Morgan fingerprint density at radius 2 is 1.66 bits per heavy atom. The summed E-state index contributed by atoms with van der Waals surface area (Å²) in [5.41, 5.74) is -0.875. The first-order valence-electron chi connectivity index (χ1n) is 9.70. The number of rotatable bonds is 11. The highest BCUT2D eigenvalue weighted by Gasteiger charge is 2.30. The van der Waals surface area contributed by atoms with Crippen molar-refractivity contribution in [2.45, 2.75) is 33.1 Å². The molecule has 0 saturated heterocycles. The number of nitrogens with zero attached hydrogens (tertiary/aromatic N) is 1. The van der Waals surface area contributed by atoms with Gasteiger partial charge in [0.25, 0.3) is 5.91 Å². The lowest BCUT2D eigenvalue weighted by Crippen LogP contribution is -2.37. The Hall–Kier alpha value is -2.62. The molecular formula is C20H24F3N2O6P. The van der Waals surface area contributed by atoms with Crippen molar-refractivity contribution in [2.24, 2.45) is 0 Å². The fraction of sp³-hybridized carbons (Fsp3) is 0.400. The topological polar surface area (TPSA) is 96.0 Å². The Balaban J connectivity index is 1.90. The molecule has 1 aromatic heterocycles. The number of ether oxygens (including phenoxy) is 2. The van der Waals surface area contributed by atoms with E-state index in [0.29, 0.717) is 17.7 Å². The SMILES string of the molecule is CCOP(=O)(CNC(=O)C(C)Oc1ccc(Oc2ccc(C(F)(F)F)cn2)cc1)OCC. The molecule has 0 aliphatic heterocycles. The highest BCUT2D eigenvalue weighted by atomic mass is 31.2. The van der Waals surface area contributed by atoms with Gasteiger partial charge in [0.05, 0.1) is 18.8 Å². The lowest BCUT2D eigenvalue weighted by atomic mass is 10.3. The smallest absolute Gasteiger partial charge is 0.417 e. The second kappa shape index (κ2) is 11.3. The van der Waals surface area contributed by atoms with Crippen LogP contribution >= 0.6 is 7.60 Å². The maximum atomic E-state index is 12.6. The lowest BCUT2D eigenvalue weighted by Gasteiger charge is -2.19. The van der Waals surface area contributed by atoms with E-state index in [1.807, 2.05) is 0 Å². The molecule has 1 heterocycles. The summed E-state index contributed by atoms with van der Waals surface area (Å²) in [5.74, 6) is 0.139. The van der Waals surface area contributed by atoms with E-state index in [-0.39, 0.29) is 25.4 Å². The fourth-order valence-electron chi connectivity index (χ4n) is 2.41. The van der Waals surface area contributed by atoms with Crippen LogP contribution in [0.25, 0.3) is 0 Å². The zero-order valence-electron chi connectivity index (χ0n) is 17.7. The molecule has 0 spiro atoms. The summed E-state index contributed by atoms with van der Waals surface area (Å²) in [4.78, 5) is 15.9. The highest BCUT2D eigenvalue weighted by Crippen LogP contribution is 2.46. The third-order valence-electron chi connectivity index (χ3n) is 3.89. The van der Waals surface area contributed by atoms with Gasteiger partial charge < -0.3 is 23.8 Å². The quantitative estimate of drug-likeness (QED) is 0.456. The molecule has 0 aliphatic carbocycles. The van der Waals surface area contributed by atoms with Crippen molar-refractivity contribution in [1.82, 2.24) is 10.3 Å². The first-order chi connectivity index (χ1) is 15.1. The molecule has 1 atom stereocenters. The minimum absolute atomic E-state index is 0.00700. The molecule has 0 bridgehead atoms. The third-order valence-corrected chi connectivity index (χ3v) is 5.74. The van der Waals surface area contributed by atoms with Crippen LogP contribution < -0.4 is 14.8 Å². The summed E-state index contributed by atoms with van der Waals surface area (Å²) >= 11 is 0. The van der Waals surface area contributed by atoms with Crippen LogP contribution in [0.2, 0.25) is 0 Å². The van der Waals surface area contributed by atoms with Crippen LogP contribution in [0.4, 0.5) is 13.2 Å². The van der Waals surface area contributed by atoms with Crippen LogP contribution in [0.15, 0.2) is 42.6 Å². The Kier molecular flexibility index (Phi) is 9.06. The minimum atomic E-state index is -4.48. The van der Waals surface area contributed by atoms with E-state index < -0.39 is 31.3 Å². The molecule has 2 aromatic rings. The van der Waals surface area contributed by atoms with Gasteiger partial charge in [0.15, 0.2) is 6.10 Å². The van der Waals surface area contributed by atoms with Gasteiger partial charge in [-0.15, -0.1) is 0 Å². The van der Waals surface area contributed by atoms with Gasteiger partial charge in [0.1, 0.15) is 17.8 Å². The summed E-state index contributed by atoms with van der Waals surface area (Å²) < 4.78 is 71.3. The molecular weight excluding hydrogens is 452 g/mol. The Labute approximate surface area is 183 Å². The number of hydrogen-bond acceptors (Lipinski definition) is 7. The molecule has 1 aromatic carbocycles. The maximum absolute atomic E-state index is 12.6. The Morgan fingerprint density at radius 3 is 2.16 bits per heavy atom. The normalized spacial score (nSPS) is 12.8. The van der Waals surface area contributed by atoms with Crippen molar-refractivity contribution in [1.29, 1.82) is 0 Å². The van der Waals surface area contributed by atoms with Gasteiger partial charge in [-0.25, -0.2) is 4.98 Å². The van der Waals surface area contributed by atoms with E-state index in [2.05, 4.69) is 10.3 Å². The summed E-state index contributed by atoms with van der Waals surface area (Å²) in [6.45, 7) is 5.20. The van der Waals surface area contributed by atoms with Gasteiger partial charge in [0, 0.05) is 12.3 Å². The largest absolute Gasteiger partial charge is 0.481 e. The van der Waals surface area contributed by atoms with Gasteiger partial charge in [-0.1, -0.05) is 0 Å². The van der Waals surface area contributed by atoms with E-state index in [9.17, 15) is 22.5 Å². The van der Waals surface area contributed by atoms with E-state index in [0.717, 1.165) is 12.1 Å². The Bertz CT molecular complexity index is 912. The number of carbonyl (C=O) groups is 1. The maximum Gasteiger partial charge on any atom is 0.417 e. The van der Waals surface area contributed by atoms with Gasteiger partial charge in [-0.3, -0.25) is 9.36 Å². The predicted octanol–water partition coefficient (Wildman–Crippen LogP) is 5.00. The second-order valence-corrected chi connectivity index (χ2v) is 8.42. The molecule has 176 valence electrons. The van der Waals surface area contributed by atoms with E-state index in [4.69, 9.17) is 18.5 Å². The average molecular weight is 476 g/mol. The molecule has 0 radical (unpaired) electrons. The number of alkyl halides is 3. The standard InChI is InChI=1S/C20H24F3N2O6P/c1-4-28-32(27,29-5-2)13-25-19(26)14(3)30-16-7-9-17(10-8-16)31-18-11-6-15(12-24-18)20(21,22)23/h6-12,14H,4-5,13H2,1-3H3,(H,25,26).